The van der Waals surface area contributed by atoms with Gasteiger partial charge < -0.3 is 5.11 Å². The number of hydrogen-bond donors (Lipinski definition) is 1. The van der Waals surface area contributed by atoms with Crippen molar-refractivity contribution in [2.75, 3.05) is 0 Å². The van der Waals surface area contributed by atoms with Crippen molar-refractivity contribution >= 4 is 29.5 Å². The molecule has 0 aliphatic carbocycles. The molecule has 0 aromatic carbocycles. The Bertz CT molecular complexity index is 118. The molecule has 3 nitrogen and oxygen atoms in total. The van der Waals surface area contributed by atoms with Gasteiger partial charge in [-0.2, -0.15) is 0 Å². The lowest BCUT2D eigenvalue weighted by molar-refractivity contribution is -0.140. The summed E-state index contributed by atoms with van der Waals surface area (Å²) >= 11 is 10.5. The summed E-state index contributed by atoms with van der Waals surface area (Å²) in [5.74, 6) is -0.994. The summed E-state index contributed by atoms with van der Waals surface area (Å²) < 4.78 is 0.672. The highest BCUT2D eigenvalue weighted by Gasteiger charge is 2.21. The molecule has 0 aliphatic rings. The highest BCUT2D eigenvalue weighted by Crippen LogP contribution is 2.12. The molecular weight excluding hydrogens is 177 g/mol. The molecule has 60 valence electrons. The fourth-order valence-corrected chi connectivity index (χ4v) is 0.940. The van der Waals surface area contributed by atoms with Crippen LogP contribution in [-0.4, -0.2) is 21.1 Å². The van der Waals surface area contributed by atoms with Gasteiger partial charge >= 0.3 is 5.97 Å². The van der Waals surface area contributed by atoms with Crippen molar-refractivity contribution in [1.29, 1.82) is 0 Å². The quantitative estimate of drug-likeness (QED) is 0.681. The average Bonchev–Trinajstić information content (AvgIpc) is 1.81. The lowest BCUT2D eigenvalue weighted by atomic mass is 10.2. The second-order valence-electron chi connectivity index (χ2n) is 1.90. The van der Waals surface area contributed by atoms with Crippen LogP contribution in [0.4, 0.5) is 0 Å². The number of carbonyl (C=O) groups is 1. The van der Waals surface area contributed by atoms with E-state index < -0.39 is 12.0 Å². The number of rotatable bonds is 4. The molecule has 0 rings (SSSR count). The topological polar surface area (TPSA) is 40.5 Å². The lowest BCUT2D eigenvalue weighted by Crippen LogP contribution is -2.28. The molecule has 0 saturated carbocycles. The van der Waals surface area contributed by atoms with E-state index in [0.717, 1.165) is 6.42 Å². The number of nitrogens with zero attached hydrogens (tertiary/aromatic N) is 1. The summed E-state index contributed by atoms with van der Waals surface area (Å²) in [4.78, 5) is 10.3. The first-order chi connectivity index (χ1) is 4.59. The van der Waals surface area contributed by atoms with E-state index in [2.05, 4.69) is 0 Å². The fraction of sp³-hybridized carbons (Fsp3) is 0.800. The van der Waals surface area contributed by atoms with Crippen molar-refractivity contribution in [2.24, 2.45) is 0 Å². The molecule has 1 unspecified atom stereocenters. The van der Waals surface area contributed by atoms with E-state index in [-0.39, 0.29) is 0 Å². The van der Waals surface area contributed by atoms with E-state index in [1.807, 2.05) is 6.92 Å². The first-order valence-electron chi connectivity index (χ1n) is 2.93. The second kappa shape index (κ2) is 4.77. The number of carboxylic acid groups (broad SMARTS) is 1. The maximum absolute atomic E-state index is 10.3. The summed E-state index contributed by atoms with van der Waals surface area (Å²) in [6, 6.07) is -0.784. The Balaban J connectivity index is 3.85. The molecule has 0 aromatic rings. The van der Waals surface area contributed by atoms with E-state index in [1.165, 1.54) is 0 Å². The van der Waals surface area contributed by atoms with Crippen molar-refractivity contribution < 1.29 is 9.90 Å². The lowest BCUT2D eigenvalue weighted by Gasteiger charge is -2.12. The summed E-state index contributed by atoms with van der Waals surface area (Å²) in [6.07, 6.45) is 1.20. The van der Waals surface area contributed by atoms with Crippen LogP contribution in [0.1, 0.15) is 19.8 Å². The first kappa shape index (κ1) is 10.0. The zero-order valence-corrected chi connectivity index (χ0v) is 7.06. The molecule has 0 amide bonds. The Labute approximate surface area is 69.7 Å². The molecule has 0 aromatic heterocycles. The van der Waals surface area contributed by atoms with Crippen LogP contribution in [0.5, 0.6) is 0 Å². The molecular formula is C5H9Cl2NO2. The van der Waals surface area contributed by atoms with Gasteiger partial charge in [0.15, 0.2) is 0 Å². The van der Waals surface area contributed by atoms with Gasteiger partial charge in [0.05, 0.1) is 0 Å². The minimum absolute atomic E-state index is 0.461. The molecule has 1 atom stereocenters. The highest BCUT2D eigenvalue weighted by molar-refractivity contribution is 6.34. The normalized spacial score (nSPS) is 13.6. The standard InChI is InChI=1S/C5H9Cl2NO2/c1-2-3-4(5(9)10)8(6)7/h4H,2-3H2,1H3,(H,9,10). The predicted molar refractivity (Wildman–Crippen MR) is 39.9 cm³/mol. The fourth-order valence-electron chi connectivity index (χ4n) is 0.578. The van der Waals surface area contributed by atoms with E-state index in [1.54, 1.807) is 0 Å². The van der Waals surface area contributed by atoms with Gasteiger partial charge in [-0.05, 0) is 30.0 Å². The Morgan fingerprint density at radius 3 is 2.30 bits per heavy atom. The van der Waals surface area contributed by atoms with Gasteiger partial charge in [0, 0.05) is 0 Å². The Morgan fingerprint density at radius 1 is 1.70 bits per heavy atom. The number of carboxylic acids is 1. The zero-order chi connectivity index (χ0) is 8.15. The monoisotopic (exact) mass is 185 g/mol. The average molecular weight is 186 g/mol. The zero-order valence-electron chi connectivity index (χ0n) is 5.55. The summed E-state index contributed by atoms with van der Waals surface area (Å²) in [6.45, 7) is 1.87. The Morgan fingerprint density at radius 2 is 2.20 bits per heavy atom. The molecule has 0 bridgehead atoms. The molecule has 1 N–H and O–H groups in total. The summed E-state index contributed by atoms with van der Waals surface area (Å²) in [5.41, 5.74) is 0. The molecule has 0 radical (unpaired) electrons. The van der Waals surface area contributed by atoms with Crippen LogP contribution in [0.2, 0.25) is 0 Å². The Kier molecular flexibility index (Phi) is 4.77. The third-order valence-corrected chi connectivity index (χ3v) is 1.55. The van der Waals surface area contributed by atoms with Gasteiger partial charge in [-0.1, -0.05) is 13.3 Å². The van der Waals surface area contributed by atoms with Crippen molar-refractivity contribution in [1.82, 2.24) is 3.94 Å². The maximum atomic E-state index is 10.3. The summed E-state index contributed by atoms with van der Waals surface area (Å²) in [5, 5.41) is 8.46. The smallest absolute Gasteiger partial charge is 0.323 e. The predicted octanol–water partition coefficient (Wildman–Crippen LogP) is 1.85. The highest BCUT2D eigenvalue weighted by atomic mass is 35.5. The van der Waals surface area contributed by atoms with Crippen molar-refractivity contribution in [2.45, 2.75) is 25.8 Å². The second-order valence-corrected chi connectivity index (χ2v) is 2.80. The third-order valence-electron chi connectivity index (χ3n) is 1.08. The van der Waals surface area contributed by atoms with E-state index >= 15 is 0 Å². The minimum Gasteiger partial charge on any atom is -0.480 e. The summed E-state index contributed by atoms with van der Waals surface area (Å²) in [7, 11) is 0. The van der Waals surface area contributed by atoms with E-state index in [4.69, 9.17) is 28.7 Å². The largest absolute Gasteiger partial charge is 0.480 e. The maximum Gasteiger partial charge on any atom is 0.323 e. The Hall–Kier alpha value is 0.01000. The van der Waals surface area contributed by atoms with Gasteiger partial charge in [0.25, 0.3) is 0 Å². The van der Waals surface area contributed by atoms with Crippen molar-refractivity contribution in [3.05, 3.63) is 0 Å². The van der Waals surface area contributed by atoms with Crippen molar-refractivity contribution in [3.63, 3.8) is 0 Å². The number of halogens is 2. The molecule has 5 heteroatoms. The van der Waals surface area contributed by atoms with Crippen LogP contribution in [-0.2, 0) is 4.79 Å². The van der Waals surface area contributed by atoms with Gasteiger partial charge in [0.1, 0.15) is 6.04 Å². The van der Waals surface area contributed by atoms with Crippen LogP contribution < -0.4 is 0 Å². The van der Waals surface area contributed by atoms with Crippen molar-refractivity contribution in [3.8, 4) is 0 Å². The van der Waals surface area contributed by atoms with Crippen LogP contribution in [0.15, 0.2) is 0 Å². The van der Waals surface area contributed by atoms with Gasteiger partial charge in [-0.15, -0.1) is 3.94 Å². The van der Waals surface area contributed by atoms with Gasteiger partial charge in [0.2, 0.25) is 0 Å². The van der Waals surface area contributed by atoms with Crippen LogP contribution >= 0.6 is 23.6 Å². The van der Waals surface area contributed by atoms with E-state index in [0.29, 0.717) is 10.4 Å². The van der Waals surface area contributed by atoms with Crippen LogP contribution in [0.25, 0.3) is 0 Å². The molecule has 0 fully saturated rings. The molecule has 0 saturated heterocycles. The molecule has 0 aliphatic heterocycles. The molecule has 0 spiro atoms. The van der Waals surface area contributed by atoms with Crippen LogP contribution in [0.3, 0.4) is 0 Å². The van der Waals surface area contributed by atoms with Gasteiger partial charge in [-0.25, -0.2) is 0 Å². The molecule has 0 heterocycles. The number of hydrogen-bond acceptors (Lipinski definition) is 2. The SMILES string of the molecule is CCCC(C(=O)O)N(Cl)Cl. The minimum atomic E-state index is -0.994. The molecule has 10 heavy (non-hydrogen) atoms. The third kappa shape index (κ3) is 3.25. The van der Waals surface area contributed by atoms with E-state index in [9.17, 15) is 4.79 Å². The first-order valence-corrected chi connectivity index (χ1v) is 3.60. The number of aliphatic carboxylic acids is 1. The van der Waals surface area contributed by atoms with Crippen LogP contribution in [0, 0.1) is 0 Å². The van der Waals surface area contributed by atoms with Gasteiger partial charge in [-0.3, -0.25) is 4.79 Å².